The van der Waals surface area contributed by atoms with Gasteiger partial charge in [-0.05, 0) is 30.5 Å². The molecule has 0 saturated heterocycles. The summed E-state index contributed by atoms with van der Waals surface area (Å²) in [6.45, 7) is 3.92. The molecule has 0 spiro atoms. The molecule has 0 aliphatic rings. The fourth-order valence-electron chi connectivity index (χ4n) is 1.98. The zero-order valence-electron chi connectivity index (χ0n) is 10.8. The molecular formula is C15H16N2OS. The number of rotatable bonds is 5. The molecule has 98 valence electrons. The van der Waals surface area contributed by atoms with Crippen molar-refractivity contribution in [2.24, 2.45) is 0 Å². The van der Waals surface area contributed by atoms with E-state index in [1.54, 1.807) is 17.6 Å². The Morgan fingerprint density at radius 2 is 2.21 bits per heavy atom. The van der Waals surface area contributed by atoms with Crippen LogP contribution in [0.25, 0.3) is 20.9 Å². The molecule has 1 N–H and O–H groups in total. The standard InChI is InChI=1S/C15H16N2OS/c1-2-7-16-9-12-10-18-15(17-12)14-8-11-5-3-4-6-13(11)19-14/h3-6,8,10,16H,2,7,9H2,1H3. The molecule has 0 aliphatic carbocycles. The first-order chi connectivity index (χ1) is 9.36. The number of oxazole rings is 1. The number of fused-ring (bicyclic) bond motifs is 1. The molecule has 4 heteroatoms. The van der Waals surface area contributed by atoms with E-state index in [1.165, 1.54) is 10.1 Å². The van der Waals surface area contributed by atoms with Crippen molar-refractivity contribution >= 4 is 21.4 Å². The third kappa shape index (κ3) is 2.69. The Bertz CT molecular complexity index is 638. The van der Waals surface area contributed by atoms with Gasteiger partial charge in [0.05, 0.1) is 10.6 Å². The monoisotopic (exact) mass is 272 g/mol. The molecular weight excluding hydrogens is 256 g/mol. The largest absolute Gasteiger partial charge is 0.444 e. The second-order valence-electron chi connectivity index (χ2n) is 4.47. The van der Waals surface area contributed by atoms with Crippen molar-refractivity contribution in [3.8, 4) is 10.8 Å². The van der Waals surface area contributed by atoms with Crippen molar-refractivity contribution in [1.29, 1.82) is 0 Å². The Kier molecular flexibility index (Phi) is 3.62. The molecule has 0 atom stereocenters. The summed E-state index contributed by atoms with van der Waals surface area (Å²) in [6, 6.07) is 10.5. The van der Waals surface area contributed by atoms with Gasteiger partial charge in [0.1, 0.15) is 6.26 Å². The first-order valence-corrected chi connectivity index (χ1v) is 7.32. The minimum atomic E-state index is 0.717. The predicted octanol–water partition coefficient (Wildman–Crippen LogP) is 4.06. The summed E-state index contributed by atoms with van der Waals surface area (Å²) in [5, 5.41) is 4.57. The summed E-state index contributed by atoms with van der Waals surface area (Å²) in [7, 11) is 0. The van der Waals surface area contributed by atoms with Crippen LogP contribution < -0.4 is 5.32 Å². The minimum Gasteiger partial charge on any atom is -0.444 e. The van der Waals surface area contributed by atoms with Gasteiger partial charge < -0.3 is 9.73 Å². The van der Waals surface area contributed by atoms with Crippen molar-refractivity contribution in [2.75, 3.05) is 6.54 Å². The fraction of sp³-hybridized carbons (Fsp3) is 0.267. The molecule has 0 amide bonds. The van der Waals surface area contributed by atoms with Crippen LogP contribution in [0.4, 0.5) is 0 Å². The number of benzene rings is 1. The lowest BCUT2D eigenvalue weighted by Crippen LogP contribution is -2.13. The minimum absolute atomic E-state index is 0.717. The lowest BCUT2D eigenvalue weighted by molar-refractivity contribution is 0.571. The number of nitrogens with zero attached hydrogens (tertiary/aromatic N) is 1. The van der Waals surface area contributed by atoms with E-state index in [9.17, 15) is 0 Å². The molecule has 0 bridgehead atoms. The molecule has 0 radical (unpaired) electrons. The SMILES string of the molecule is CCCNCc1coc(-c2cc3ccccc3s2)n1. The average molecular weight is 272 g/mol. The van der Waals surface area contributed by atoms with Gasteiger partial charge in [0.25, 0.3) is 0 Å². The van der Waals surface area contributed by atoms with Gasteiger partial charge in [-0.1, -0.05) is 25.1 Å². The number of nitrogens with one attached hydrogen (secondary N) is 1. The zero-order chi connectivity index (χ0) is 13.1. The van der Waals surface area contributed by atoms with Crippen LogP contribution >= 0.6 is 11.3 Å². The highest BCUT2D eigenvalue weighted by Gasteiger charge is 2.10. The van der Waals surface area contributed by atoms with Crippen LogP contribution in [0.2, 0.25) is 0 Å². The zero-order valence-corrected chi connectivity index (χ0v) is 11.7. The molecule has 3 rings (SSSR count). The second kappa shape index (κ2) is 5.55. The van der Waals surface area contributed by atoms with Crippen molar-refractivity contribution in [1.82, 2.24) is 10.3 Å². The molecule has 3 aromatic rings. The fourth-order valence-corrected chi connectivity index (χ4v) is 2.98. The lowest BCUT2D eigenvalue weighted by Gasteiger charge is -1.96. The number of hydrogen-bond acceptors (Lipinski definition) is 4. The average Bonchev–Trinajstić information content (AvgIpc) is 3.04. The summed E-state index contributed by atoms with van der Waals surface area (Å²) >= 11 is 1.72. The van der Waals surface area contributed by atoms with Gasteiger partial charge in [-0.3, -0.25) is 0 Å². The number of aromatic nitrogens is 1. The van der Waals surface area contributed by atoms with Crippen LogP contribution in [0.15, 0.2) is 41.0 Å². The lowest BCUT2D eigenvalue weighted by atomic mass is 10.2. The van der Waals surface area contributed by atoms with Crippen molar-refractivity contribution in [2.45, 2.75) is 19.9 Å². The maximum Gasteiger partial charge on any atom is 0.236 e. The Labute approximate surface area is 116 Å². The highest BCUT2D eigenvalue weighted by molar-refractivity contribution is 7.22. The van der Waals surface area contributed by atoms with Gasteiger partial charge in [0, 0.05) is 11.2 Å². The van der Waals surface area contributed by atoms with E-state index in [1.807, 2.05) is 0 Å². The van der Waals surface area contributed by atoms with E-state index in [4.69, 9.17) is 4.42 Å². The third-order valence-electron chi connectivity index (χ3n) is 2.92. The number of hydrogen-bond donors (Lipinski definition) is 1. The Balaban J connectivity index is 1.81. The molecule has 1 aromatic carbocycles. The van der Waals surface area contributed by atoms with Crippen LogP contribution in [-0.2, 0) is 6.54 Å². The maximum atomic E-state index is 5.57. The number of thiophene rings is 1. The van der Waals surface area contributed by atoms with Crippen molar-refractivity contribution in [3.63, 3.8) is 0 Å². The van der Waals surface area contributed by atoms with E-state index in [0.29, 0.717) is 0 Å². The Morgan fingerprint density at radius 1 is 1.32 bits per heavy atom. The van der Waals surface area contributed by atoms with Gasteiger partial charge in [-0.15, -0.1) is 11.3 Å². The molecule has 0 saturated carbocycles. The first-order valence-electron chi connectivity index (χ1n) is 6.51. The van der Waals surface area contributed by atoms with Crippen LogP contribution in [0.3, 0.4) is 0 Å². The van der Waals surface area contributed by atoms with E-state index >= 15 is 0 Å². The molecule has 3 nitrogen and oxygen atoms in total. The highest BCUT2D eigenvalue weighted by atomic mass is 32.1. The second-order valence-corrected chi connectivity index (χ2v) is 5.55. The molecule has 2 heterocycles. The molecule has 0 unspecified atom stereocenters. The summed E-state index contributed by atoms with van der Waals surface area (Å²) in [5.41, 5.74) is 0.959. The van der Waals surface area contributed by atoms with Crippen molar-refractivity contribution in [3.05, 3.63) is 42.3 Å². The van der Waals surface area contributed by atoms with Crippen LogP contribution in [0.5, 0.6) is 0 Å². The topological polar surface area (TPSA) is 38.1 Å². The van der Waals surface area contributed by atoms with Gasteiger partial charge in [-0.25, -0.2) is 4.98 Å². The highest BCUT2D eigenvalue weighted by Crippen LogP contribution is 2.32. The Morgan fingerprint density at radius 3 is 3.05 bits per heavy atom. The quantitative estimate of drug-likeness (QED) is 0.712. The van der Waals surface area contributed by atoms with Crippen LogP contribution in [-0.4, -0.2) is 11.5 Å². The predicted molar refractivity (Wildman–Crippen MR) is 79.3 cm³/mol. The molecule has 19 heavy (non-hydrogen) atoms. The maximum absolute atomic E-state index is 5.57. The van der Waals surface area contributed by atoms with Gasteiger partial charge in [0.2, 0.25) is 5.89 Å². The third-order valence-corrected chi connectivity index (χ3v) is 4.03. The van der Waals surface area contributed by atoms with E-state index in [0.717, 1.165) is 36.0 Å². The van der Waals surface area contributed by atoms with Gasteiger partial charge in [0.15, 0.2) is 0 Å². The van der Waals surface area contributed by atoms with E-state index in [2.05, 4.69) is 47.6 Å². The van der Waals surface area contributed by atoms with Gasteiger partial charge in [-0.2, -0.15) is 0 Å². The molecule has 0 aliphatic heterocycles. The van der Waals surface area contributed by atoms with Gasteiger partial charge >= 0.3 is 0 Å². The molecule has 2 aromatic heterocycles. The summed E-state index contributed by atoms with van der Waals surface area (Å²) in [4.78, 5) is 5.61. The Hall–Kier alpha value is -1.65. The van der Waals surface area contributed by atoms with E-state index < -0.39 is 0 Å². The normalized spacial score (nSPS) is 11.2. The summed E-state index contributed by atoms with van der Waals surface area (Å²) < 4.78 is 6.84. The summed E-state index contributed by atoms with van der Waals surface area (Å²) in [6.07, 6.45) is 2.86. The van der Waals surface area contributed by atoms with E-state index in [-0.39, 0.29) is 0 Å². The van der Waals surface area contributed by atoms with Crippen LogP contribution in [0.1, 0.15) is 19.0 Å². The summed E-state index contributed by atoms with van der Waals surface area (Å²) in [5.74, 6) is 0.717. The smallest absolute Gasteiger partial charge is 0.236 e. The molecule has 0 fully saturated rings. The first kappa shape index (κ1) is 12.4. The van der Waals surface area contributed by atoms with Crippen molar-refractivity contribution < 1.29 is 4.42 Å². The van der Waals surface area contributed by atoms with Crippen LogP contribution in [0, 0.1) is 0 Å².